The summed E-state index contributed by atoms with van der Waals surface area (Å²) >= 11 is 0.872. The topological polar surface area (TPSA) is 110 Å². The van der Waals surface area contributed by atoms with E-state index in [-0.39, 0.29) is 9.34 Å². The molecule has 3 aromatic rings. The van der Waals surface area contributed by atoms with Gasteiger partial charge in [0.15, 0.2) is 15.0 Å². The summed E-state index contributed by atoms with van der Waals surface area (Å²) in [5.74, 6) is 0.891. The first kappa shape index (κ1) is 24.4. The molecule has 8 nitrogen and oxygen atoms in total. The maximum atomic E-state index is 13.1. The zero-order valence-electron chi connectivity index (χ0n) is 18.6. The molecular weight excluding hydrogens is 460 g/mol. The number of ether oxygens (including phenoxy) is 1. The summed E-state index contributed by atoms with van der Waals surface area (Å²) in [6.45, 7) is 10.2. The molecule has 1 unspecified atom stereocenters. The normalized spacial score (nSPS) is 12.2. The Hall–Kier alpha value is -3.24. The molecule has 3 rings (SSSR count). The zero-order valence-corrected chi connectivity index (χ0v) is 20.2. The van der Waals surface area contributed by atoms with Crippen LogP contribution in [0.25, 0.3) is 0 Å². The summed E-state index contributed by atoms with van der Waals surface area (Å²) in [4.78, 5) is 20.5. The van der Waals surface area contributed by atoms with Gasteiger partial charge in [-0.15, -0.1) is 6.58 Å². The van der Waals surface area contributed by atoms with E-state index in [0.29, 0.717) is 29.5 Å². The lowest BCUT2D eigenvalue weighted by atomic mass is 10.2. The number of nitrogens with zero attached hydrogens (tertiary/aromatic N) is 2. The molecule has 0 aliphatic rings. The van der Waals surface area contributed by atoms with E-state index < -0.39 is 21.1 Å². The number of hydrogen-bond acceptors (Lipinski definition) is 7. The van der Waals surface area contributed by atoms with Crippen LogP contribution in [-0.4, -0.2) is 31.0 Å². The third kappa shape index (κ3) is 6.17. The lowest BCUT2D eigenvalue weighted by Gasteiger charge is -2.14. The number of carbonyl (C=O) groups is 1. The van der Waals surface area contributed by atoms with Crippen LogP contribution in [0.5, 0.6) is 5.75 Å². The molecule has 0 aliphatic heterocycles. The van der Waals surface area contributed by atoms with Crippen molar-refractivity contribution in [3.05, 3.63) is 72.7 Å². The second-order valence-electron chi connectivity index (χ2n) is 7.75. The fraction of sp³-hybridized carbons (Fsp3) is 0.261. The number of aryl methyl sites for hydroxylation is 1. The van der Waals surface area contributed by atoms with E-state index in [0.717, 1.165) is 16.9 Å². The molecule has 2 N–H and O–H groups in total. The summed E-state index contributed by atoms with van der Waals surface area (Å²) in [5, 5.41) is 4.53. The Bertz CT molecular complexity index is 1220. The molecule has 2 heterocycles. The van der Waals surface area contributed by atoms with Gasteiger partial charge in [-0.2, -0.15) is 0 Å². The summed E-state index contributed by atoms with van der Waals surface area (Å²) in [6.07, 6.45) is 5.64. The molecule has 0 fully saturated rings. The van der Waals surface area contributed by atoms with Crippen LogP contribution in [0, 0.1) is 12.8 Å². The minimum atomic E-state index is -3.79. The highest BCUT2D eigenvalue weighted by Crippen LogP contribution is 2.34. The number of aromatic nitrogens is 2. The maximum Gasteiger partial charge on any atom is 0.325 e. The van der Waals surface area contributed by atoms with Crippen LogP contribution in [0.3, 0.4) is 0 Å². The molecule has 0 saturated carbocycles. The van der Waals surface area contributed by atoms with Crippen molar-refractivity contribution >= 4 is 38.0 Å². The average Bonchev–Trinajstić information content (AvgIpc) is 3.24. The van der Waals surface area contributed by atoms with Crippen molar-refractivity contribution in [2.24, 2.45) is 5.92 Å². The molecule has 33 heavy (non-hydrogen) atoms. The minimum absolute atomic E-state index is 0.0239. The molecule has 0 bridgehead atoms. The van der Waals surface area contributed by atoms with Crippen LogP contribution in [-0.2, 0) is 9.84 Å². The van der Waals surface area contributed by atoms with E-state index in [1.54, 1.807) is 18.2 Å². The second-order valence-corrected chi connectivity index (χ2v) is 11.1. The van der Waals surface area contributed by atoms with Crippen LogP contribution in [0.1, 0.15) is 30.2 Å². The first-order valence-electron chi connectivity index (χ1n) is 10.2. The number of benzene rings is 1. The summed E-state index contributed by atoms with van der Waals surface area (Å²) < 4.78 is 32.0. The maximum absolute atomic E-state index is 13.1. The highest BCUT2D eigenvalue weighted by atomic mass is 32.2. The first-order valence-corrected chi connectivity index (χ1v) is 12.6. The van der Waals surface area contributed by atoms with Gasteiger partial charge < -0.3 is 10.1 Å². The molecule has 2 aromatic heterocycles. The molecule has 174 valence electrons. The SMILES string of the molecule is C=CC(c1ccncc1)S(=O)(=O)c1cnc(NC(=O)Nc2ccc(C)cc2OCC(C)C)s1. The molecular formula is C23H26N4O4S2. The molecule has 1 aromatic carbocycles. The molecule has 0 aliphatic carbocycles. The molecule has 1 atom stereocenters. The van der Waals surface area contributed by atoms with E-state index in [1.807, 2.05) is 32.9 Å². The van der Waals surface area contributed by atoms with Crippen LogP contribution in [0.4, 0.5) is 15.6 Å². The zero-order chi connectivity index (χ0) is 24.0. The smallest absolute Gasteiger partial charge is 0.325 e. The molecule has 0 radical (unpaired) electrons. The number of hydrogen-bond donors (Lipinski definition) is 2. The number of sulfone groups is 1. The van der Waals surface area contributed by atoms with Gasteiger partial charge in [-0.05, 0) is 48.2 Å². The van der Waals surface area contributed by atoms with Gasteiger partial charge in [-0.25, -0.2) is 18.2 Å². The van der Waals surface area contributed by atoms with Crippen LogP contribution in [0.15, 0.2) is 65.8 Å². The van der Waals surface area contributed by atoms with Crippen molar-refractivity contribution in [3.63, 3.8) is 0 Å². The largest absolute Gasteiger partial charge is 0.491 e. The summed E-state index contributed by atoms with van der Waals surface area (Å²) in [7, 11) is -3.79. The molecule has 0 saturated heterocycles. The highest BCUT2D eigenvalue weighted by molar-refractivity contribution is 7.93. The summed E-state index contributed by atoms with van der Waals surface area (Å²) in [5.41, 5.74) is 2.06. The molecule has 0 spiro atoms. The van der Waals surface area contributed by atoms with Crippen molar-refractivity contribution in [2.45, 2.75) is 30.2 Å². The monoisotopic (exact) mass is 486 g/mol. The number of amides is 2. The first-order chi connectivity index (χ1) is 15.7. The van der Waals surface area contributed by atoms with Gasteiger partial charge in [0, 0.05) is 12.4 Å². The Morgan fingerprint density at radius 1 is 1.21 bits per heavy atom. The fourth-order valence-corrected chi connectivity index (χ4v) is 5.70. The van der Waals surface area contributed by atoms with Gasteiger partial charge in [0.1, 0.15) is 15.2 Å². The third-order valence-corrected chi connectivity index (χ3v) is 7.98. The van der Waals surface area contributed by atoms with Crippen LogP contribution < -0.4 is 15.4 Å². The van der Waals surface area contributed by atoms with Crippen molar-refractivity contribution < 1.29 is 17.9 Å². The number of anilines is 2. The highest BCUT2D eigenvalue weighted by Gasteiger charge is 2.29. The minimum Gasteiger partial charge on any atom is -0.491 e. The van der Waals surface area contributed by atoms with Gasteiger partial charge in [-0.3, -0.25) is 10.3 Å². The Balaban J connectivity index is 1.73. The lowest BCUT2D eigenvalue weighted by Crippen LogP contribution is -2.20. The predicted molar refractivity (Wildman–Crippen MR) is 131 cm³/mol. The van der Waals surface area contributed by atoms with E-state index in [1.165, 1.54) is 24.7 Å². The van der Waals surface area contributed by atoms with Gasteiger partial charge in [0.2, 0.25) is 0 Å². The van der Waals surface area contributed by atoms with E-state index in [9.17, 15) is 13.2 Å². The van der Waals surface area contributed by atoms with Crippen molar-refractivity contribution in [1.82, 2.24) is 9.97 Å². The summed E-state index contributed by atoms with van der Waals surface area (Å²) in [6, 6.07) is 8.16. The van der Waals surface area contributed by atoms with Crippen molar-refractivity contribution in [1.29, 1.82) is 0 Å². The Morgan fingerprint density at radius 2 is 1.94 bits per heavy atom. The Kier molecular flexibility index (Phi) is 7.83. The standard InChI is InChI=1S/C23H26N4O4S2/c1-5-20(17-8-10-24-11-9-17)33(29,30)21-13-25-23(32-21)27-22(28)26-18-7-6-16(4)12-19(18)31-14-15(2)3/h5-13,15,20H,1,14H2,2-4H3,(H2,25,26,27,28). The van der Waals surface area contributed by atoms with Gasteiger partial charge in [0.25, 0.3) is 0 Å². The Morgan fingerprint density at radius 3 is 2.61 bits per heavy atom. The number of carbonyl (C=O) groups excluding carboxylic acids is 1. The number of urea groups is 1. The van der Waals surface area contributed by atoms with E-state index in [2.05, 4.69) is 27.2 Å². The number of rotatable bonds is 9. The predicted octanol–water partition coefficient (Wildman–Crippen LogP) is 5.23. The van der Waals surface area contributed by atoms with Crippen LogP contribution >= 0.6 is 11.3 Å². The van der Waals surface area contributed by atoms with Crippen LogP contribution in [0.2, 0.25) is 0 Å². The van der Waals surface area contributed by atoms with Crippen molar-refractivity contribution in [2.75, 3.05) is 17.2 Å². The number of pyridine rings is 1. The fourth-order valence-electron chi connectivity index (χ4n) is 2.93. The number of thiazole rings is 1. The van der Waals surface area contributed by atoms with E-state index >= 15 is 0 Å². The lowest BCUT2D eigenvalue weighted by molar-refractivity contribution is 0.260. The van der Waals surface area contributed by atoms with Gasteiger partial charge in [0.05, 0.1) is 18.5 Å². The van der Waals surface area contributed by atoms with Crippen molar-refractivity contribution in [3.8, 4) is 5.75 Å². The quantitative estimate of drug-likeness (QED) is 0.401. The molecule has 10 heteroatoms. The number of nitrogens with one attached hydrogen (secondary N) is 2. The van der Waals surface area contributed by atoms with E-state index in [4.69, 9.17) is 4.74 Å². The molecule has 2 amide bonds. The second kappa shape index (κ2) is 10.6. The van der Waals surface area contributed by atoms with Gasteiger partial charge in [-0.1, -0.05) is 37.3 Å². The average molecular weight is 487 g/mol. The Labute approximate surface area is 197 Å². The van der Waals surface area contributed by atoms with Gasteiger partial charge >= 0.3 is 6.03 Å². The third-order valence-electron chi connectivity index (χ3n) is 4.53.